The maximum Gasteiger partial charge on any atom is 0.490 e. The Morgan fingerprint density at radius 1 is 1.39 bits per heavy atom. The van der Waals surface area contributed by atoms with Crippen LogP contribution in [0.1, 0.15) is 24.2 Å². The highest BCUT2D eigenvalue weighted by molar-refractivity contribution is 5.95. The van der Waals surface area contributed by atoms with Gasteiger partial charge in [-0.3, -0.25) is 4.79 Å². The average molecular weight is 333 g/mol. The van der Waals surface area contributed by atoms with Crippen molar-refractivity contribution in [2.24, 2.45) is 5.73 Å². The van der Waals surface area contributed by atoms with E-state index in [1.807, 2.05) is 13.8 Å². The lowest BCUT2D eigenvalue weighted by Crippen LogP contribution is -2.21. The molecule has 2 heterocycles. The zero-order chi connectivity index (χ0) is 17.8. The number of carbonyl (C=O) groups excluding carboxylic acids is 1. The predicted molar refractivity (Wildman–Crippen MR) is 73.2 cm³/mol. The van der Waals surface area contributed by atoms with Crippen molar-refractivity contribution in [3.63, 3.8) is 0 Å². The molecule has 0 radical (unpaired) electrons. The summed E-state index contributed by atoms with van der Waals surface area (Å²) < 4.78 is 39.0. The molecular formula is C13H14F3N3O4. The smallest absolute Gasteiger partial charge is 0.490 e. The molecule has 23 heavy (non-hydrogen) atoms. The van der Waals surface area contributed by atoms with Crippen molar-refractivity contribution in [2.75, 3.05) is 0 Å². The fourth-order valence-electron chi connectivity index (χ4n) is 1.48. The standard InChI is InChI=1S/C11H13N3O2.C2HF3O2/c1-7(2)16-9-5-10-13-3-4-14(10)6-8(9)11(12)15;3-2(4,5)1(6)7/h3-7H,1-2H3,(H2,12,15);(H,6,7). The number of rotatable bonds is 3. The van der Waals surface area contributed by atoms with Crippen molar-refractivity contribution >= 4 is 17.5 Å². The maximum absolute atomic E-state index is 11.3. The molecule has 0 unspecified atom stereocenters. The van der Waals surface area contributed by atoms with Crippen LogP contribution in [-0.2, 0) is 4.79 Å². The summed E-state index contributed by atoms with van der Waals surface area (Å²) in [6.45, 7) is 3.78. The first-order chi connectivity index (χ1) is 10.5. The summed E-state index contributed by atoms with van der Waals surface area (Å²) in [5.41, 5.74) is 6.38. The summed E-state index contributed by atoms with van der Waals surface area (Å²) in [7, 11) is 0. The lowest BCUT2D eigenvalue weighted by molar-refractivity contribution is -0.192. The quantitative estimate of drug-likeness (QED) is 0.891. The number of aliphatic carboxylic acids is 1. The second kappa shape index (κ2) is 6.99. The number of imidazole rings is 1. The minimum Gasteiger partial charge on any atom is -0.490 e. The van der Waals surface area contributed by atoms with Crippen LogP contribution in [0.15, 0.2) is 24.7 Å². The van der Waals surface area contributed by atoms with Crippen LogP contribution in [0.2, 0.25) is 0 Å². The van der Waals surface area contributed by atoms with Gasteiger partial charge in [0.15, 0.2) is 0 Å². The summed E-state index contributed by atoms with van der Waals surface area (Å²) in [5.74, 6) is -2.79. The lowest BCUT2D eigenvalue weighted by Gasteiger charge is -2.12. The Hall–Kier alpha value is -2.78. The molecule has 0 saturated heterocycles. The number of nitrogens with two attached hydrogens (primary N) is 1. The van der Waals surface area contributed by atoms with Gasteiger partial charge in [0.05, 0.1) is 11.7 Å². The van der Waals surface area contributed by atoms with E-state index in [-0.39, 0.29) is 6.10 Å². The number of amides is 1. The molecule has 2 rings (SSSR count). The normalized spacial score (nSPS) is 11.0. The van der Waals surface area contributed by atoms with Crippen molar-refractivity contribution < 1.29 is 32.6 Å². The second-order valence-electron chi connectivity index (χ2n) is 4.58. The minimum atomic E-state index is -5.08. The van der Waals surface area contributed by atoms with Crippen molar-refractivity contribution in [1.82, 2.24) is 9.38 Å². The van der Waals surface area contributed by atoms with Gasteiger partial charge < -0.3 is 20.0 Å². The van der Waals surface area contributed by atoms with Crippen LogP contribution in [0.3, 0.4) is 0 Å². The van der Waals surface area contributed by atoms with Gasteiger partial charge in [-0.15, -0.1) is 0 Å². The summed E-state index contributed by atoms with van der Waals surface area (Å²) in [4.78, 5) is 24.3. The monoisotopic (exact) mass is 333 g/mol. The summed E-state index contributed by atoms with van der Waals surface area (Å²) >= 11 is 0. The number of ether oxygens (including phenoxy) is 1. The van der Waals surface area contributed by atoms with E-state index in [0.717, 1.165) is 5.65 Å². The molecule has 3 N–H and O–H groups in total. The number of aromatic nitrogens is 2. The van der Waals surface area contributed by atoms with E-state index in [4.69, 9.17) is 20.4 Å². The number of carboxylic acid groups (broad SMARTS) is 1. The molecule has 0 aliphatic rings. The number of pyridine rings is 1. The molecule has 0 aliphatic heterocycles. The number of fused-ring (bicyclic) bond motifs is 1. The van der Waals surface area contributed by atoms with E-state index in [9.17, 15) is 18.0 Å². The van der Waals surface area contributed by atoms with E-state index in [2.05, 4.69) is 4.98 Å². The van der Waals surface area contributed by atoms with Gasteiger partial charge in [0.2, 0.25) is 0 Å². The molecule has 10 heteroatoms. The minimum absolute atomic E-state index is 0.0180. The zero-order valence-electron chi connectivity index (χ0n) is 12.2. The molecule has 0 spiro atoms. The van der Waals surface area contributed by atoms with Gasteiger partial charge in [0, 0.05) is 24.7 Å². The number of hydrogen-bond donors (Lipinski definition) is 2. The Bertz CT molecular complexity index is 710. The van der Waals surface area contributed by atoms with Crippen molar-refractivity contribution in [3.05, 3.63) is 30.2 Å². The highest BCUT2D eigenvalue weighted by Crippen LogP contribution is 2.21. The highest BCUT2D eigenvalue weighted by Gasteiger charge is 2.38. The average Bonchev–Trinajstić information content (AvgIpc) is 2.83. The molecule has 1 amide bonds. The van der Waals surface area contributed by atoms with E-state index < -0.39 is 18.1 Å². The van der Waals surface area contributed by atoms with Crippen LogP contribution in [0, 0.1) is 0 Å². The Balaban J connectivity index is 0.000000322. The molecule has 0 bridgehead atoms. The molecule has 0 fully saturated rings. The SMILES string of the molecule is CC(C)Oc1cc2nccn2cc1C(N)=O.O=C(O)C(F)(F)F. The van der Waals surface area contributed by atoms with Gasteiger partial charge >= 0.3 is 12.1 Å². The van der Waals surface area contributed by atoms with Gasteiger partial charge in [-0.25, -0.2) is 9.78 Å². The lowest BCUT2D eigenvalue weighted by atomic mass is 10.2. The van der Waals surface area contributed by atoms with E-state index in [1.54, 1.807) is 29.1 Å². The second-order valence-corrected chi connectivity index (χ2v) is 4.58. The molecule has 7 nitrogen and oxygen atoms in total. The van der Waals surface area contributed by atoms with Gasteiger partial charge in [-0.2, -0.15) is 13.2 Å². The third kappa shape index (κ3) is 5.16. The molecule has 126 valence electrons. The molecular weight excluding hydrogens is 319 g/mol. The van der Waals surface area contributed by atoms with Gasteiger partial charge in [-0.05, 0) is 13.8 Å². The predicted octanol–water partition coefficient (Wildman–Crippen LogP) is 1.85. The first-order valence-electron chi connectivity index (χ1n) is 6.25. The van der Waals surface area contributed by atoms with E-state index in [1.165, 1.54) is 0 Å². The fraction of sp³-hybridized carbons (Fsp3) is 0.308. The van der Waals surface area contributed by atoms with Crippen LogP contribution in [-0.4, -0.2) is 38.6 Å². The summed E-state index contributed by atoms with van der Waals surface area (Å²) in [6.07, 6.45) is -0.0711. The number of carbonyl (C=O) groups is 2. The van der Waals surface area contributed by atoms with Gasteiger partial charge in [0.1, 0.15) is 11.4 Å². The zero-order valence-corrected chi connectivity index (χ0v) is 12.2. The van der Waals surface area contributed by atoms with Crippen molar-refractivity contribution in [2.45, 2.75) is 26.1 Å². The van der Waals surface area contributed by atoms with Gasteiger partial charge in [-0.1, -0.05) is 0 Å². The van der Waals surface area contributed by atoms with Crippen LogP contribution in [0.4, 0.5) is 13.2 Å². The molecule has 2 aromatic heterocycles. The van der Waals surface area contributed by atoms with Crippen molar-refractivity contribution in [1.29, 1.82) is 0 Å². The number of carboxylic acids is 1. The van der Waals surface area contributed by atoms with Crippen LogP contribution < -0.4 is 10.5 Å². The number of hydrogen-bond acceptors (Lipinski definition) is 4. The van der Waals surface area contributed by atoms with Crippen molar-refractivity contribution in [3.8, 4) is 5.75 Å². The summed E-state index contributed by atoms with van der Waals surface area (Å²) in [6, 6.07) is 1.71. The van der Waals surface area contributed by atoms with Gasteiger partial charge in [0.25, 0.3) is 5.91 Å². The summed E-state index contributed by atoms with van der Waals surface area (Å²) in [5, 5.41) is 7.12. The third-order valence-corrected chi connectivity index (χ3v) is 2.36. The van der Waals surface area contributed by atoms with Crippen LogP contribution in [0.25, 0.3) is 5.65 Å². The topological polar surface area (TPSA) is 107 Å². The number of nitrogens with zero attached hydrogens (tertiary/aromatic N) is 2. The Morgan fingerprint density at radius 2 is 1.96 bits per heavy atom. The molecule has 0 aliphatic carbocycles. The van der Waals surface area contributed by atoms with Crippen LogP contribution >= 0.6 is 0 Å². The third-order valence-electron chi connectivity index (χ3n) is 2.36. The molecule has 0 aromatic carbocycles. The Kier molecular flexibility index (Phi) is 5.55. The molecule has 0 saturated carbocycles. The highest BCUT2D eigenvalue weighted by atomic mass is 19.4. The largest absolute Gasteiger partial charge is 0.490 e. The first-order valence-corrected chi connectivity index (χ1v) is 6.25. The molecule has 0 atom stereocenters. The number of alkyl halides is 3. The number of primary amides is 1. The fourth-order valence-corrected chi connectivity index (χ4v) is 1.48. The van der Waals surface area contributed by atoms with E-state index in [0.29, 0.717) is 11.3 Å². The van der Waals surface area contributed by atoms with E-state index >= 15 is 0 Å². The first kappa shape index (κ1) is 18.3. The Morgan fingerprint density at radius 3 is 2.39 bits per heavy atom. The molecule has 2 aromatic rings. The number of halogens is 3. The van der Waals surface area contributed by atoms with Crippen LogP contribution in [0.5, 0.6) is 5.75 Å². The Labute approximate surface area is 128 Å². The maximum atomic E-state index is 11.3.